The second-order valence-corrected chi connectivity index (χ2v) is 10.9. The van der Waals surface area contributed by atoms with Gasteiger partial charge in [0.25, 0.3) is 5.91 Å². The molecule has 0 radical (unpaired) electrons. The Labute approximate surface area is 213 Å². The molecular weight excluding hydrogens is 462 g/mol. The molecule has 8 nitrogen and oxygen atoms in total. The van der Waals surface area contributed by atoms with Gasteiger partial charge in [0.2, 0.25) is 0 Å². The maximum Gasteiger partial charge on any atom is 0.256 e. The predicted molar refractivity (Wildman–Crippen MR) is 131 cm³/mol. The van der Waals surface area contributed by atoms with Gasteiger partial charge in [-0.15, -0.1) is 0 Å². The Bertz CT molecular complexity index is 926. The van der Waals surface area contributed by atoms with Crippen molar-refractivity contribution in [2.45, 2.75) is 126 Å². The third kappa shape index (κ3) is 4.67. The van der Waals surface area contributed by atoms with Crippen LogP contribution in [-0.4, -0.2) is 54.8 Å². The molecule has 0 aromatic heterocycles. The fourth-order valence-electron chi connectivity index (χ4n) is 6.39. The molecule has 2 spiro atoms. The van der Waals surface area contributed by atoms with Crippen LogP contribution in [0.4, 0.5) is 5.69 Å². The van der Waals surface area contributed by atoms with E-state index in [1.54, 1.807) is 0 Å². The number of para-hydroxylation sites is 2. The Morgan fingerprint density at radius 3 is 2.25 bits per heavy atom. The van der Waals surface area contributed by atoms with Crippen LogP contribution in [0.25, 0.3) is 0 Å². The van der Waals surface area contributed by atoms with Gasteiger partial charge in [-0.2, -0.15) is 0 Å². The van der Waals surface area contributed by atoms with Crippen LogP contribution >= 0.6 is 0 Å². The average Bonchev–Trinajstić information content (AvgIpc) is 3.43. The van der Waals surface area contributed by atoms with Gasteiger partial charge in [-0.1, -0.05) is 38.3 Å². The lowest BCUT2D eigenvalue weighted by atomic mass is 9.94. The normalized spacial score (nSPS) is 34.3. The molecule has 2 aliphatic carbocycles. The summed E-state index contributed by atoms with van der Waals surface area (Å²) in [4.78, 5) is 13.7. The number of fused-ring (bicyclic) bond motifs is 3. The van der Waals surface area contributed by atoms with E-state index in [2.05, 4.69) is 12.2 Å². The lowest BCUT2D eigenvalue weighted by Crippen LogP contribution is -2.58. The van der Waals surface area contributed by atoms with Crippen molar-refractivity contribution in [2.24, 2.45) is 0 Å². The van der Waals surface area contributed by atoms with E-state index in [1.165, 1.54) is 12.8 Å². The molecular formula is C28H39NO7. The molecule has 2 saturated carbocycles. The van der Waals surface area contributed by atoms with Crippen LogP contribution in [-0.2, 0) is 28.5 Å². The lowest BCUT2D eigenvalue weighted by Gasteiger charge is -2.36. The van der Waals surface area contributed by atoms with Gasteiger partial charge in [0.15, 0.2) is 24.0 Å². The molecule has 0 bridgehead atoms. The van der Waals surface area contributed by atoms with Crippen molar-refractivity contribution in [3.63, 3.8) is 0 Å². The molecule has 5 aliphatic rings. The predicted octanol–water partition coefficient (Wildman–Crippen LogP) is 5.05. The van der Waals surface area contributed by atoms with E-state index < -0.39 is 42.3 Å². The van der Waals surface area contributed by atoms with Crippen LogP contribution in [0, 0.1) is 0 Å². The summed E-state index contributed by atoms with van der Waals surface area (Å²) < 4.78 is 38.5. The van der Waals surface area contributed by atoms with Crippen molar-refractivity contribution < 1.29 is 33.2 Å². The molecule has 8 heteroatoms. The van der Waals surface area contributed by atoms with Crippen LogP contribution in [0.2, 0.25) is 0 Å². The number of unbranched alkanes of at least 4 members (excludes halogenated alkanes) is 1. The smallest absolute Gasteiger partial charge is 0.256 e. The molecule has 3 heterocycles. The number of ether oxygens (including phenoxy) is 6. The lowest BCUT2D eigenvalue weighted by molar-refractivity contribution is -0.246. The third-order valence-electron chi connectivity index (χ3n) is 8.27. The van der Waals surface area contributed by atoms with E-state index in [0.717, 1.165) is 64.2 Å². The highest BCUT2D eigenvalue weighted by Crippen LogP contribution is 2.51. The molecule has 0 unspecified atom stereocenters. The first kappa shape index (κ1) is 24.6. The van der Waals surface area contributed by atoms with Crippen LogP contribution in [0.3, 0.4) is 0 Å². The number of carbonyl (C=O) groups excluding carboxylic acids is 1. The van der Waals surface area contributed by atoms with Gasteiger partial charge in [0.1, 0.15) is 24.1 Å². The van der Waals surface area contributed by atoms with Gasteiger partial charge in [-0.05, 0) is 44.2 Å². The molecule has 36 heavy (non-hydrogen) atoms. The van der Waals surface area contributed by atoms with Gasteiger partial charge in [-0.3, -0.25) is 4.79 Å². The molecule has 5 atom stereocenters. The Balaban J connectivity index is 1.24. The first-order chi connectivity index (χ1) is 17.6. The monoisotopic (exact) mass is 501 g/mol. The second-order valence-electron chi connectivity index (χ2n) is 10.9. The molecule has 1 amide bonds. The number of carbonyl (C=O) groups is 1. The van der Waals surface area contributed by atoms with Crippen molar-refractivity contribution in [1.82, 2.24) is 0 Å². The first-order valence-electron chi connectivity index (χ1n) is 14.0. The van der Waals surface area contributed by atoms with Crippen molar-refractivity contribution >= 4 is 11.6 Å². The highest BCUT2D eigenvalue weighted by molar-refractivity contribution is 5.96. The molecule has 1 N–H and O–H groups in total. The van der Waals surface area contributed by atoms with E-state index in [4.69, 9.17) is 28.4 Å². The summed E-state index contributed by atoms with van der Waals surface area (Å²) in [6.45, 7) is 2.72. The van der Waals surface area contributed by atoms with E-state index in [1.807, 2.05) is 24.3 Å². The molecule has 1 aromatic carbocycles. The molecule has 1 aromatic rings. The number of anilines is 1. The van der Waals surface area contributed by atoms with Crippen molar-refractivity contribution in [3.8, 4) is 5.75 Å². The molecule has 5 fully saturated rings. The molecule has 198 valence electrons. The maximum atomic E-state index is 13.7. The van der Waals surface area contributed by atoms with E-state index in [9.17, 15) is 4.79 Å². The topological polar surface area (TPSA) is 84.5 Å². The summed E-state index contributed by atoms with van der Waals surface area (Å²) in [5.41, 5.74) is 0.625. The zero-order valence-corrected chi connectivity index (χ0v) is 21.2. The zero-order valence-electron chi connectivity index (χ0n) is 21.2. The van der Waals surface area contributed by atoms with Gasteiger partial charge in [0.05, 0.1) is 12.3 Å². The van der Waals surface area contributed by atoms with E-state index >= 15 is 0 Å². The van der Waals surface area contributed by atoms with Crippen molar-refractivity contribution in [2.75, 3.05) is 11.9 Å². The summed E-state index contributed by atoms with van der Waals surface area (Å²) in [6, 6.07) is 7.51. The van der Waals surface area contributed by atoms with Crippen LogP contribution in [0.15, 0.2) is 24.3 Å². The van der Waals surface area contributed by atoms with Gasteiger partial charge in [-0.25, -0.2) is 0 Å². The summed E-state index contributed by atoms with van der Waals surface area (Å²) in [5, 5.41) is 3.04. The number of hydrogen-bond acceptors (Lipinski definition) is 7. The number of nitrogens with one attached hydrogen (secondary N) is 1. The van der Waals surface area contributed by atoms with Gasteiger partial charge in [0, 0.05) is 25.7 Å². The minimum atomic E-state index is -0.872. The average molecular weight is 502 g/mol. The molecule has 3 aliphatic heterocycles. The summed E-state index contributed by atoms with van der Waals surface area (Å²) in [6.07, 6.45) is 9.02. The highest BCUT2D eigenvalue weighted by atomic mass is 16.9. The van der Waals surface area contributed by atoms with Crippen molar-refractivity contribution in [1.29, 1.82) is 0 Å². The van der Waals surface area contributed by atoms with Crippen LogP contribution < -0.4 is 10.1 Å². The minimum Gasteiger partial charge on any atom is -0.491 e. The SMILES string of the molecule is CCCCOc1ccccc1NC(=O)[C@@H]1O[C@@H]2OC3(CCCCC3)O[C@@H]2[C@H]2OC3(CCCCC3)O[C@H]21. The first-order valence-corrected chi connectivity index (χ1v) is 14.0. The third-order valence-corrected chi connectivity index (χ3v) is 8.27. The quantitative estimate of drug-likeness (QED) is 0.546. The largest absolute Gasteiger partial charge is 0.491 e. The Morgan fingerprint density at radius 2 is 1.53 bits per heavy atom. The Morgan fingerprint density at radius 1 is 0.889 bits per heavy atom. The Kier molecular flexibility index (Phi) is 6.99. The van der Waals surface area contributed by atoms with E-state index in [-0.39, 0.29) is 5.91 Å². The van der Waals surface area contributed by atoms with Crippen LogP contribution in [0.1, 0.15) is 84.0 Å². The minimum absolute atomic E-state index is 0.278. The standard InChI is InChI=1S/C28H39NO7/c1-2-3-18-31-20-13-7-6-12-19(20)29-25(30)23-21-22(34-27(33-21)14-8-4-9-15-27)24-26(32-23)36-28(35-24)16-10-5-11-17-28/h6-7,12-13,21-24,26H,2-5,8-11,14-18H2,1H3,(H,29,30)/t21-,22+,23-,24-,26-/m1/s1. The van der Waals surface area contributed by atoms with Crippen LogP contribution in [0.5, 0.6) is 5.75 Å². The maximum absolute atomic E-state index is 13.7. The fraction of sp³-hybridized carbons (Fsp3) is 0.750. The van der Waals surface area contributed by atoms with E-state index in [0.29, 0.717) is 18.0 Å². The molecule has 3 saturated heterocycles. The fourth-order valence-corrected chi connectivity index (χ4v) is 6.39. The number of amides is 1. The number of rotatable bonds is 6. The summed E-state index contributed by atoms with van der Waals surface area (Å²) in [5.74, 6) is -0.940. The van der Waals surface area contributed by atoms with Gasteiger partial charge < -0.3 is 33.7 Å². The van der Waals surface area contributed by atoms with Crippen molar-refractivity contribution in [3.05, 3.63) is 24.3 Å². The second kappa shape index (κ2) is 10.2. The number of hydrogen-bond donors (Lipinski definition) is 1. The Hall–Kier alpha value is -1.71. The molecule has 6 rings (SSSR count). The summed E-state index contributed by atoms with van der Waals surface area (Å²) in [7, 11) is 0. The zero-order chi connectivity index (χ0) is 24.6. The van der Waals surface area contributed by atoms with Gasteiger partial charge >= 0.3 is 0 Å². The summed E-state index contributed by atoms with van der Waals surface area (Å²) >= 11 is 0. The number of benzene rings is 1. The highest BCUT2D eigenvalue weighted by Gasteiger charge is 2.65.